The van der Waals surface area contributed by atoms with E-state index in [1.165, 1.54) is 11.6 Å². The lowest BCUT2D eigenvalue weighted by Gasteiger charge is -2.22. The quantitative estimate of drug-likeness (QED) is 0.828. The maximum Gasteiger partial charge on any atom is 0.355 e. The minimum atomic E-state index is -1.13. The molecule has 1 atom stereocenters. The van der Waals surface area contributed by atoms with E-state index in [0.29, 0.717) is 12.8 Å². The maximum absolute atomic E-state index is 12.3. The van der Waals surface area contributed by atoms with Gasteiger partial charge in [0.05, 0.1) is 5.57 Å². The summed E-state index contributed by atoms with van der Waals surface area (Å²) in [5.41, 5.74) is 1.08. The summed E-state index contributed by atoms with van der Waals surface area (Å²) in [6.45, 7) is 0. The van der Waals surface area contributed by atoms with Crippen molar-refractivity contribution in [1.29, 1.82) is 0 Å². The molecule has 1 aliphatic carbocycles. The lowest BCUT2D eigenvalue weighted by molar-refractivity contribution is -0.116. The SMILES string of the molecule is O=C1CC(c2ccccc2)CC(O)=C1/C=N/c1nc(C(=O)O)cs1. The summed E-state index contributed by atoms with van der Waals surface area (Å²) in [7, 11) is 0. The minimum Gasteiger partial charge on any atom is -0.511 e. The second-order valence-corrected chi connectivity index (χ2v) is 6.21. The number of carbonyl (C=O) groups excluding carboxylic acids is 1. The maximum atomic E-state index is 12.3. The molecule has 0 fully saturated rings. The largest absolute Gasteiger partial charge is 0.511 e. The van der Waals surface area contributed by atoms with E-state index in [9.17, 15) is 14.7 Å². The van der Waals surface area contributed by atoms with Gasteiger partial charge in [0.15, 0.2) is 11.5 Å². The van der Waals surface area contributed by atoms with E-state index >= 15 is 0 Å². The summed E-state index contributed by atoms with van der Waals surface area (Å²) >= 11 is 1.06. The molecule has 2 aromatic rings. The summed E-state index contributed by atoms with van der Waals surface area (Å²) in [6, 6.07) is 9.59. The molecule has 1 heterocycles. The zero-order valence-corrected chi connectivity index (χ0v) is 13.4. The van der Waals surface area contributed by atoms with Crippen molar-refractivity contribution < 1.29 is 19.8 Å². The molecule has 24 heavy (non-hydrogen) atoms. The van der Waals surface area contributed by atoms with Gasteiger partial charge in [-0.3, -0.25) is 4.79 Å². The van der Waals surface area contributed by atoms with Crippen LogP contribution in [0, 0.1) is 0 Å². The van der Waals surface area contributed by atoms with Gasteiger partial charge in [-0.25, -0.2) is 14.8 Å². The fourth-order valence-corrected chi connectivity index (χ4v) is 3.19. The van der Waals surface area contributed by atoms with E-state index in [1.807, 2.05) is 30.3 Å². The molecule has 1 unspecified atom stereocenters. The second kappa shape index (κ2) is 6.76. The second-order valence-electron chi connectivity index (χ2n) is 5.38. The zero-order valence-electron chi connectivity index (χ0n) is 12.5. The van der Waals surface area contributed by atoms with Crippen LogP contribution in [0.4, 0.5) is 5.13 Å². The fourth-order valence-electron chi connectivity index (χ4n) is 2.56. The Balaban J connectivity index is 1.79. The van der Waals surface area contributed by atoms with Crippen molar-refractivity contribution in [2.45, 2.75) is 18.8 Å². The van der Waals surface area contributed by atoms with Gasteiger partial charge in [0, 0.05) is 24.4 Å². The van der Waals surface area contributed by atoms with Crippen molar-refractivity contribution in [2.75, 3.05) is 0 Å². The van der Waals surface area contributed by atoms with E-state index in [-0.39, 0.29) is 33.9 Å². The van der Waals surface area contributed by atoms with Crippen LogP contribution in [0.2, 0.25) is 0 Å². The summed E-state index contributed by atoms with van der Waals surface area (Å²) in [5.74, 6) is -1.37. The van der Waals surface area contributed by atoms with E-state index in [1.54, 1.807) is 0 Å². The number of aromatic carboxylic acids is 1. The first kappa shape index (κ1) is 16.1. The number of allylic oxidation sites excluding steroid dienone is 2. The van der Waals surface area contributed by atoms with E-state index in [4.69, 9.17) is 5.11 Å². The van der Waals surface area contributed by atoms with Gasteiger partial charge in [-0.15, -0.1) is 11.3 Å². The number of rotatable bonds is 4. The lowest BCUT2D eigenvalue weighted by Crippen LogP contribution is -2.19. The third-order valence-electron chi connectivity index (χ3n) is 3.77. The molecule has 1 aromatic heterocycles. The highest BCUT2D eigenvalue weighted by Crippen LogP contribution is 2.33. The normalized spacial score (nSPS) is 18.3. The Morgan fingerprint density at radius 1 is 1.29 bits per heavy atom. The first-order chi connectivity index (χ1) is 11.5. The molecule has 2 N–H and O–H groups in total. The number of carboxylic acids is 1. The van der Waals surface area contributed by atoms with Crippen molar-refractivity contribution in [2.24, 2.45) is 4.99 Å². The summed E-state index contributed by atoms with van der Waals surface area (Å²) in [5, 5.41) is 20.6. The Hall–Kier alpha value is -2.80. The van der Waals surface area contributed by atoms with Gasteiger partial charge in [0.2, 0.25) is 5.13 Å². The van der Waals surface area contributed by atoms with Crippen LogP contribution in [0.15, 0.2) is 52.0 Å². The number of hydrogen-bond acceptors (Lipinski definition) is 6. The molecule has 0 spiro atoms. The Morgan fingerprint density at radius 2 is 2.04 bits per heavy atom. The number of benzene rings is 1. The Labute approximate surface area is 141 Å². The zero-order chi connectivity index (χ0) is 17.1. The van der Waals surface area contributed by atoms with Gasteiger partial charge in [0.1, 0.15) is 5.76 Å². The van der Waals surface area contributed by atoms with Crippen LogP contribution in [0.25, 0.3) is 0 Å². The number of carboxylic acid groups (broad SMARTS) is 1. The highest BCUT2D eigenvalue weighted by molar-refractivity contribution is 7.13. The average molecular weight is 342 g/mol. The third-order valence-corrected chi connectivity index (χ3v) is 4.52. The van der Waals surface area contributed by atoms with Crippen molar-refractivity contribution in [1.82, 2.24) is 4.98 Å². The number of Topliss-reactive ketones (excluding diaryl/α,β-unsaturated/α-hetero) is 1. The smallest absolute Gasteiger partial charge is 0.355 e. The van der Waals surface area contributed by atoms with Gasteiger partial charge in [0.25, 0.3) is 0 Å². The monoisotopic (exact) mass is 342 g/mol. The highest BCUT2D eigenvalue weighted by Gasteiger charge is 2.27. The molecule has 1 aliphatic rings. The van der Waals surface area contributed by atoms with Gasteiger partial charge < -0.3 is 10.2 Å². The standard InChI is InChI=1S/C17H14N2O4S/c20-14-6-11(10-4-2-1-3-5-10)7-15(21)12(14)8-18-17-19-13(9-24-17)16(22)23/h1-5,8-9,11,20H,6-7H2,(H,22,23)/b18-8+. The molecule has 122 valence electrons. The van der Waals surface area contributed by atoms with Crippen molar-refractivity contribution in [3.8, 4) is 0 Å². The first-order valence-corrected chi connectivity index (χ1v) is 8.15. The van der Waals surface area contributed by atoms with Crippen LogP contribution in [-0.2, 0) is 4.79 Å². The topological polar surface area (TPSA) is 99.9 Å². The van der Waals surface area contributed by atoms with Crippen LogP contribution in [0.3, 0.4) is 0 Å². The van der Waals surface area contributed by atoms with Crippen LogP contribution >= 0.6 is 11.3 Å². The predicted molar refractivity (Wildman–Crippen MR) is 90.3 cm³/mol. The molecule has 0 aliphatic heterocycles. The Kier molecular flexibility index (Phi) is 4.52. The molecule has 0 saturated heterocycles. The Bertz CT molecular complexity index is 839. The molecule has 0 radical (unpaired) electrons. The van der Waals surface area contributed by atoms with Crippen LogP contribution in [-0.4, -0.2) is 33.2 Å². The summed E-state index contributed by atoms with van der Waals surface area (Å²) in [6.07, 6.45) is 1.94. The molecular formula is C17H14N2O4S. The van der Waals surface area contributed by atoms with Gasteiger partial charge in [-0.1, -0.05) is 30.3 Å². The number of nitrogens with zero attached hydrogens (tertiary/aromatic N) is 2. The van der Waals surface area contributed by atoms with Crippen molar-refractivity contribution in [3.63, 3.8) is 0 Å². The van der Waals surface area contributed by atoms with Crippen LogP contribution < -0.4 is 0 Å². The Morgan fingerprint density at radius 3 is 2.67 bits per heavy atom. The number of hydrogen-bond donors (Lipinski definition) is 2. The van der Waals surface area contributed by atoms with Crippen LogP contribution in [0.1, 0.15) is 34.8 Å². The average Bonchev–Trinajstić information content (AvgIpc) is 3.04. The molecule has 3 rings (SSSR count). The third kappa shape index (κ3) is 3.41. The van der Waals surface area contributed by atoms with Crippen LogP contribution in [0.5, 0.6) is 0 Å². The number of aliphatic hydroxyl groups is 1. The molecule has 7 heteroatoms. The van der Waals surface area contributed by atoms with E-state index in [2.05, 4.69) is 9.98 Å². The van der Waals surface area contributed by atoms with E-state index in [0.717, 1.165) is 16.9 Å². The van der Waals surface area contributed by atoms with Crippen molar-refractivity contribution in [3.05, 3.63) is 58.3 Å². The minimum absolute atomic E-state index is 0.00105. The highest BCUT2D eigenvalue weighted by atomic mass is 32.1. The number of aliphatic imine (C=N–C) groups is 1. The molecule has 0 bridgehead atoms. The fraction of sp³-hybridized carbons (Fsp3) is 0.176. The van der Waals surface area contributed by atoms with Gasteiger partial charge in [-0.05, 0) is 11.5 Å². The number of aliphatic hydroxyl groups excluding tert-OH is 1. The van der Waals surface area contributed by atoms with Gasteiger partial charge >= 0.3 is 5.97 Å². The molecule has 1 aromatic carbocycles. The van der Waals surface area contributed by atoms with Gasteiger partial charge in [-0.2, -0.15) is 0 Å². The lowest BCUT2D eigenvalue weighted by atomic mass is 9.83. The first-order valence-electron chi connectivity index (χ1n) is 7.27. The molecular weight excluding hydrogens is 328 g/mol. The number of aromatic nitrogens is 1. The molecule has 0 amide bonds. The number of ketones is 1. The molecule has 0 saturated carbocycles. The predicted octanol–water partition coefficient (Wildman–Crippen LogP) is 3.50. The molecule has 6 nitrogen and oxygen atoms in total. The number of thiazole rings is 1. The summed E-state index contributed by atoms with van der Waals surface area (Å²) in [4.78, 5) is 30.9. The van der Waals surface area contributed by atoms with Crippen molar-refractivity contribution >= 4 is 34.4 Å². The number of carbonyl (C=O) groups is 2. The summed E-state index contributed by atoms with van der Waals surface area (Å²) < 4.78 is 0. The van der Waals surface area contributed by atoms with E-state index < -0.39 is 5.97 Å².